The first kappa shape index (κ1) is 14.2. The van der Waals surface area contributed by atoms with Crippen LogP contribution in [0.25, 0.3) is 0 Å². The Bertz CT molecular complexity index is 555. The van der Waals surface area contributed by atoms with E-state index in [9.17, 15) is 4.39 Å². The van der Waals surface area contributed by atoms with Crippen LogP contribution in [0.5, 0.6) is 0 Å². The second-order valence-electron chi connectivity index (χ2n) is 4.45. The van der Waals surface area contributed by atoms with Crippen LogP contribution < -0.4 is 11.3 Å². The lowest BCUT2D eigenvalue weighted by atomic mass is 10.0. The lowest BCUT2D eigenvalue weighted by Gasteiger charge is -2.16. The number of hydrogen-bond acceptors (Lipinski definition) is 3. The highest BCUT2D eigenvalue weighted by atomic mass is 79.9. The molecule has 0 radical (unpaired) electrons. The van der Waals surface area contributed by atoms with Crippen LogP contribution in [0.3, 0.4) is 0 Å². The zero-order valence-electron chi connectivity index (χ0n) is 10.6. The van der Waals surface area contributed by atoms with Gasteiger partial charge >= 0.3 is 0 Å². The number of nitrogens with zero attached hydrogens (tertiary/aromatic N) is 2. The minimum absolute atomic E-state index is 0.0807. The van der Waals surface area contributed by atoms with E-state index < -0.39 is 0 Å². The molecule has 0 saturated heterocycles. The zero-order valence-corrected chi connectivity index (χ0v) is 12.2. The summed E-state index contributed by atoms with van der Waals surface area (Å²) in [5.41, 5.74) is 4.71. The maximum atomic E-state index is 13.5. The number of halogens is 2. The van der Waals surface area contributed by atoms with Crippen LogP contribution in [0.4, 0.5) is 4.39 Å². The highest BCUT2D eigenvalue weighted by molar-refractivity contribution is 9.10. The van der Waals surface area contributed by atoms with E-state index in [0.29, 0.717) is 4.47 Å². The Hall–Kier alpha value is -1.24. The van der Waals surface area contributed by atoms with E-state index >= 15 is 0 Å². The summed E-state index contributed by atoms with van der Waals surface area (Å²) in [4.78, 5) is 0. The minimum atomic E-state index is -0.279. The van der Waals surface area contributed by atoms with Crippen LogP contribution in [0.2, 0.25) is 0 Å². The van der Waals surface area contributed by atoms with Crippen molar-refractivity contribution >= 4 is 15.9 Å². The van der Waals surface area contributed by atoms with Gasteiger partial charge in [0.2, 0.25) is 0 Å². The van der Waals surface area contributed by atoms with Crippen molar-refractivity contribution in [2.45, 2.75) is 18.9 Å². The minimum Gasteiger partial charge on any atom is -0.276 e. The summed E-state index contributed by atoms with van der Waals surface area (Å²) < 4.78 is 15.7. The summed E-state index contributed by atoms with van der Waals surface area (Å²) >= 11 is 3.14. The Morgan fingerprint density at radius 3 is 2.89 bits per heavy atom. The molecule has 1 aromatic carbocycles. The Labute approximate surface area is 119 Å². The molecule has 0 aliphatic rings. The van der Waals surface area contributed by atoms with Gasteiger partial charge in [0.1, 0.15) is 5.82 Å². The van der Waals surface area contributed by atoms with Crippen molar-refractivity contribution < 1.29 is 4.39 Å². The SMILES string of the molecule is Cn1cc(CCC(NN)c2ccc(Br)c(F)c2)cn1. The zero-order chi connectivity index (χ0) is 13.8. The summed E-state index contributed by atoms with van der Waals surface area (Å²) in [6, 6.07) is 4.97. The van der Waals surface area contributed by atoms with Gasteiger partial charge in [-0.25, -0.2) is 4.39 Å². The maximum absolute atomic E-state index is 13.5. The van der Waals surface area contributed by atoms with E-state index in [1.807, 2.05) is 25.5 Å². The van der Waals surface area contributed by atoms with E-state index in [1.165, 1.54) is 6.07 Å². The second kappa shape index (κ2) is 6.27. The van der Waals surface area contributed by atoms with Crippen molar-refractivity contribution in [1.82, 2.24) is 15.2 Å². The average Bonchev–Trinajstić information content (AvgIpc) is 2.80. The average molecular weight is 327 g/mol. The van der Waals surface area contributed by atoms with Crippen molar-refractivity contribution in [3.63, 3.8) is 0 Å². The summed E-state index contributed by atoms with van der Waals surface area (Å²) in [5.74, 6) is 5.28. The van der Waals surface area contributed by atoms with Crippen molar-refractivity contribution in [3.05, 3.63) is 52.0 Å². The van der Waals surface area contributed by atoms with Crippen LogP contribution in [-0.4, -0.2) is 9.78 Å². The van der Waals surface area contributed by atoms with Gasteiger partial charge in [-0.1, -0.05) is 6.07 Å². The van der Waals surface area contributed by atoms with Crippen LogP contribution in [0, 0.1) is 5.82 Å². The largest absolute Gasteiger partial charge is 0.276 e. The van der Waals surface area contributed by atoms with Gasteiger partial charge in [-0.05, 0) is 52.0 Å². The summed E-state index contributed by atoms with van der Waals surface area (Å²) in [6.45, 7) is 0. The number of rotatable bonds is 5. The third-order valence-electron chi connectivity index (χ3n) is 3.03. The molecule has 0 fully saturated rings. The first-order valence-corrected chi connectivity index (χ1v) is 6.78. The molecule has 2 rings (SSSR count). The molecule has 0 bridgehead atoms. The number of aromatic nitrogens is 2. The molecule has 0 aliphatic heterocycles. The van der Waals surface area contributed by atoms with E-state index in [-0.39, 0.29) is 11.9 Å². The Balaban J connectivity index is 2.05. The van der Waals surface area contributed by atoms with Gasteiger partial charge in [0.25, 0.3) is 0 Å². The van der Waals surface area contributed by atoms with Gasteiger partial charge < -0.3 is 0 Å². The summed E-state index contributed by atoms with van der Waals surface area (Å²) in [5, 5.41) is 4.12. The van der Waals surface area contributed by atoms with Gasteiger partial charge in [0.05, 0.1) is 10.7 Å². The lowest BCUT2D eigenvalue weighted by molar-refractivity contribution is 0.511. The van der Waals surface area contributed by atoms with Crippen LogP contribution in [-0.2, 0) is 13.5 Å². The fourth-order valence-corrected chi connectivity index (χ4v) is 2.23. The molecule has 3 N–H and O–H groups in total. The molecule has 6 heteroatoms. The number of hydrogen-bond donors (Lipinski definition) is 2. The molecular weight excluding hydrogens is 311 g/mol. The molecule has 19 heavy (non-hydrogen) atoms. The van der Waals surface area contributed by atoms with Crippen molar-refractivity contribution in [3.8, 4) is 0 Å². The topological polar surface area (TPSA) is 55.9 Å². The van der Waals surface area contributed by atoms with E-state index in [1.54, 1.807) is 10.7 Å². The Morgan fingerprint density at radius 2 is 2.32 bits per heavy atom. The third-order valence-corrected chi connectivity index (χ3v) is 3.67. The Kier molecular flexibility index (Phi) is 4.68. The summed E-state index contributed by atoms with van der Waals surface area (Å²) in [6.07, 6.45) is 5.41. The van der Waals surface area contributed by atoms with Crippen LogP contribution in [0.1, 0.15) is 23.6 Å². The van der Waals surface area contributed by atoms with Gasteiger partial charge in [-0.15, -0.1) is 0 Å². The molecule has 2 aromatic rings. The van der Waals surface area contributed by atoms with Crippen molar-refractivity contribution in [2.75, 3.05) is 0 Å². The predicted molar refractivity (Wildman–Crippen MR) is 75.7 cm³/mol. The molecule has 1 atom stereocenters. The first-order chi connectivity index (χ1) is 9.10. The summed E-state index contributed by atoms with van der Waals surface area (Å²) in [7, 11) is 1.88. The molecular formula is C13H16BrFN4. The van der Waals surface area contributed by atoms with Crippen molar-refractivity contribution in [1.29, 1.82) is 0 Å². The third kappa shape index (κ3) is 3.62. The standard InChI is InChI=1S/C13H16BrFN4/c1-19-8-9(7-17-19)2-5-13(18-16)10-3-4-11(14)12(15)6-10/h3-4,6-8,13,18H,2,5,16H2,1H3. The monoisotopic (exact) mass is 326 g/mol. The predicted octanol–water partition coefficient (Wildman–Crippen LogP) is 2.46. The number of nitrogens with two attached hydrogens (primary N) is 1. The molecule has 102 valence electrons. The fourth-order valence-electron chi connectivity index (χ4n) is 1.99. The molecule has 0 spiro atoms. The Morgan fingerprint density at radius 1 is 1.53 bits per heavy atom. The molecule has 0 saturated carbocycles. The van der Waals surface area contributed by atoms with Crippen LogP contribution in [0.15, 0.2) is 35.1 Å². The van der Waals surface area contributed by atoms with E-state index in [0.717, 1.165) is 24.0 Å². The van der Waals surface area contributed by atoms with Crippen molar-refractivity contribution in [2.24, 2.45) is 12.9 Å². The first-order valence-electron chi connectivity index (χ1n) is 5.98. The van der Waals surface area contributed by atoms with E-state index in [4.69, 9.17) is 5.84 Å². The van der Waals surface area contributed by atoms with Gasteiger partial charge in [-0.3, -0.25) is 16.0 Å². The smallest absolute Gasteiger partial charge is 0.137 e. The molecule has 0 aliphatic carbocycles. The van der Waals surface area contributed by atoms with Crippen LogP contribution >= 0.6 is 15.9 Å². The molecule has 1 aromatic heterocycles. The normalized spacial score (nSPS) is 12.6. The maximum Gasteiger partial charge on any atom is 0.137 e. The second-order valence-corrected chi connectivity index (χ2v) is 5.31. The van der Waals surface area contributed by atoms with Gasteiger partial charge in [0, 0.05) is 19.3 Å². The number of hydrazine groups is 1. The molecule has 1 unspecified atom stereocenters. The van der Waals surface area contributed by atoms with Gasteiger partial charge in [0.15, 0.2) is 0 Å². The molecule has 0 amide bonds. The van der Waals surface area contributed by atoms with Gasteiger partial charge in [-0.2, -0.15) is 5.10 Å². The quantitative estimate of drug-likeness (QED) is 0.655. The molecule has 1 heterocycles. The molecule has 4 nitrogen and oxygen atoms in total. The van der Waals surface area contributed by atoms with E-state index in [2.05, 4.69) is 26.5 Å². The number of aryl methyl sites for hydroxylation is 2. The lowest BCUT2D eigenvalue weighted by Crippen LogP contribution is -2.28. The fraction of sp³-hybridized carbons (Fsp3) is 0.308. The number of benzene rings is 1. The highest BCUT2D eigenvalue weighted by Crippen LogP contribution is 2.23. The number of nitrogens with one attached hydrogen (secondary N) is 1. The highest BCUT2D eigenvalue weighted by Gasteiger charge is 2.12.